The molecule has 0 atom stereocenters. The molecule has 0 radical (unpaired) electrons. The van der Waals surface area contributed by atoms with Crippen molar-refractivity contribution < 1.29 is 19.1 Å². The minimum atomic E-state index is -0.358. The normalized spacial score (nSPS) is 11.8. The number of carbonyl (C=O) groups excluding carboxylic acids is 2. The lowest BCUT2D eigenvalue weighted by atomic mass is 9.97. The van der Waals surface area contributed by atoms with Gasteiger partial charge in [0.2, 0.25) is 0 Å². The predicted molar refractivity (Wildman–Crippen MR) is 127 cm³/mol. The second kappa shape index (κ2) is 10.7. The highest BCUT2D eigenvalue weighted by Gasteiger charge is 2.14. The first-order valence-corrected chi connectivity index (χ1v) is 11.7. The molecule has 0 N–H and O–H groups in total. The van der Waals surface area contributed by atoms with E-state index in [1.807, 2.05) is 31.4 Å². The smallest absolute Gasteiger partial charge is 0.338 e. The average molecular weight is 455 g/mol. The number of fused-ring (bicyclic) bond motifs is 1. The minimum absolute atomic E-state index is 0.192. The number of esters is 1. The van der Waals surface area contributed by atoms with E-state index in [2.05, 4.69) is 24.0 Å². The lowest BCUT2D eigenvalue weighted by Crippen LogP contribution is -2.20. The molecule has 3 aromatic rings. The summed E-state index contributed by atoms with van der Waals surface area (Å²) >= 11 is 1.39. The molecule has 0 saturated heterocycles. The Morgan fingerprint density at radius 3 is 2.41 bits per heavy atom. The molecule has 32 heavy (non-hydrogen) atoms. The number of hydrogen-bond acceptors (Lipinski definition) is 5. The van der Waals surface area contributed by atoms with Crippen molar-refractivity contribution in [2.45, 2.75) is 47.6 Å². The van der Waals surface area contributed by atoms with Crippen LogP contribution in [0.5, 0.6) is 0 Å². The summed E-state index contributed by atoms with van der Waals surface area (Å²) in [4.78, 5) is 30.1. The predicted octanol–water partition coefficient (Wildman–Crippen LogP) is 4.51. The van der Waals surface area contributed by atoms with Gasteiger partial charge < -0.3 is 14.0 Å². The second-order valence-electron chi connectivity index (χ2n) is 7.70. The van der Waals surface area contributed by atoms with Crippen molar-refractivity contribution in [3.05, 3.63) is 63.0 Å². The molecule has 0 fully saturated rings. The monoisotopic (exact) mass is 454 g/mol. The van der Waals surface area contributed by atoms with Crippen molar-refractivity contribution in [3.63, 3.8) is 0 Å². The Labute approximate surface area is 192 Å². The maximum absolute atomic E-state index is 12.9. The van der Waals surface area contributed by atoms with Crippen molar-refractivity contribution in [3.8, 4) is 0 Å². The molecule has 6 nitrogen and oxygen atoms in total. The van der Waals surface area contributed by atoms with Gasteiger partial charge in [0, 0.05) is 13.2 Å². The van der Waals surface area contributed by atoms with Crippen molar-refractivity contribution in [2.75, 3.05) is 19.8 Å². The Bertz CT molecular complexity index is 1180. The molecule has 1 amide bonds. The van der Waals surface area contributed by atoms with Crippen molar-refractivity contribution in [1.29, 1.82) is 0 Å². The molecule has 1 aromatic heterocycles. The molecule has 0 saturated carbocycles. The third kappa shape index (κ3) is 5.53. The van der Waals surface area contributed by atoms with Crippen LogP contribution in [-0.4, -0.2) is 36.3 Å². The number of nitrogens with zero attached hydrogens (tertiary/aromatic N) is 2. The van der Waals surface area contributed by atoms with Crippen LogP contribution in [-0.2, 0) is 27.2 Å². The molecule has 0 aliphatic heterocycles. The summed E-state index contributed by atoms with van der Waals surface area (Å²) in [5.41, 5.74) is 5.81. The van der Waals surface area contributed by atoms with Crippen LogP contribution in [0.15, 0.2) is 35.3 Å². The third-order valence-electron chi connectivity index (χ3n) is 5.25. The van der Waals surface area contributed by atoms with Gasteiger partial charge in [-0.15, -0.1) is 0 Å². The Morgan fingerprint density at radius 2 is 1.75 bits per heavy atom. The van der Waals surface area contributed by atoms with E-state index in [4.69, 9.17) is 9.47 Å². The standard InChI is InChI=1S/C25H30N2O4S/c1-6-30-11-10-27-21-9-8-19(24(29)31-7-2)14-22(21)32-25(27)26-23(28)15-20-17(4)12-16(3)13-18(20)5/h8-9,12-14H,6-7,10-11,15H2,1-5H3. The van der Waals surface area contributed by atoms with E-state index < -0.39 is 0 Å². The summed E-state index contributed by atoms with van der Waals surface area (Å²) in [6.45, 7) is 11.9. The van der Waals surface area contributed by atoms with Gasteiger partial charge in [-0.1, -0.05) is 29.0 Å². The van der Waals surface area contributed by atoms with Gasteiger partial charge >= 0.3 is 5.97 Å². The van der Waals surface area contributed by atoms with Gasteiger partial charge in [0.15, 0.2) is 4.80 Å². The highest BCUT2D eigenvalue weighted by molar-refractivity contribution is 7.16. The van der Waals surface area contributed by atoms with Gasteiger partial charge in [-0.25, -0.2) is 4.79 Å². The molecule has 0 aliphatic carbocycles. The van der Waals surface area contributed by atoms with E-state index in [0.717, 1.165) is 26.9 Å². The number of rotatable bonds is 8. The van der Waals surface area contributed by atoms with E-state index in [1.54, 1.807) is 19.1 Å². The first kappa shape index (κ1) is 23.9. The number of amides is 1. The number of carbonyl (C=O) groups is 2. The third-order valence-corrected chi connectivity index (χ3v) is 6.29. The lowest BCUT2D eigenvalue weighted by molar-refractivity contribution is -0.117. The number of benzene rings is 2. The molecule has 2 aromatic carbocycles. The molecule has 0 unspecified atom stereocenters. The Kier molecular flexibility index (Phi) is 7.99. The van der Waals surface area contributed by atoms with Crippen LogP contribution in [0.2, 0.25) is 0 Å². The fraction of sp³-hybridized carbons (Fsp3) is 0.400. The number of aromatic nitrogens is 1. The maximum atomic E-state index is 12.9. The van der Waals surface area contributed by atoms with Crippen LogP contribution >= 0.6 is 11.3 Å². The van der Waals surface area contributed by atoms with Gasteiger partial charge in [-0.3, -0.25) is 4.79 Å². The first-order valence-electron chi connectivity index (χ1n) is 10.9. The number of hydrogen-bond donors (Lipinski definition) is 0. The van der Waals surface area contributed by atoms with Gasteiger partial charge in [0.25, 0.3) is 5.91 Å². The Balaban J connectivity index is 2.00. The van der Waals surface area contributed by atoms with E-state index in [1.165, 1.54) is 16.9 Å². The highest BCUT2D eigenvalue weighted by Crippen LogP contribution is 2.21. The number of aryl methyl sites for hydroxylation is 3. The van der Waals surface area contributed by atoms with Gasteiger partial charge in [-0.05, 0) is 69.5 Å². The van der Waals surface area contributed by atoms with E-state index in [-0.39, 0.29) is 18.3 Å². The highest BCUT2D eigenvalue weighted by atomic mass is 32.1. The van der Waals surface area contributed by atoms with Crippen molar-refractivity contribution in [1.82, 2.24) is 4.57 Å². The van der Waals surface area contributed by atoms with E-state index >= 15 is 0 Å². The van der Waals surface area contributed by atoms with Crippen LogP contribution in [0.25, 0.3) is 10.2 Å². The molecule has 170 valence electrons. The number of thiazole rings is 1. The largest absolute Gasteiger partial charge is 0.462 e. The zero-order valence-electron chi connectivity index (χ0n) is 19.4. The summed E-state index contributed by atoms with van der Waals surface area (Å²) < 4.78 is 13.5. The quantitative estimate of drug-likeness (QED) is 0.371. The Morgan fingerprint density at radius 1 is 1.03 bits per heavy atom. The van der Waals surface area contributed by atoms with Crippen LogP contribution in [0.1, 0.15) is 46.5 Å². The zero-order chi connectivity index (χ0) is 23.3. The summed E-state index contributed by atoms with van der Waals surface area (Å²) in [7, 11) is 0. The zero-order valence-corrected chi connectivity index (χ0v) is 20.2. The first-order chi connectivity index (χ1) is 15.3. The molecule has 1 heterocycles. The van der Waals surface area contributed by atoms with Crippen LogP contribution in [0, 0.1) is 20.8 Å². The van der Waals surface area contributed by atoms with E-state index in [9.17, 15) is 9.59 Å². The Hall–Kier alpha value is -2.77. The summed E-state index contributed by atoms with van der Waals surface area (Å²) in [6.07, 6.45) is 0.256. The van der Waals surface area contributed by atoms with Crippen LogP contribution < -0.4 is 4.80 Å². The number of ether oxygens (including phenoxy) is 2. The summed E-state index contributed by atoms with van der Waals surface area (Å²) in [5, 5.41) is 0. The summed E-state index contributed by atoms with van der Waals surface area (Å²) in [6, 6.07) is 9.60. The molecular weight excluding hydrogens is 424 g/mol. The van der Waals surface area contributed by atoms with Crippen LogP contribution in [0.4, 0.5) is 0 Å². The molecular formula is C25H30N2O4S. The SMILES string of the molecule is CCOCCn1c(=NC(=O)Cc2c(C)cc(C)cc2C)sc2cc(C(=O)OCC)ccc21. The molecule has 0 aliphatic rings. The van der Waals surface area contributed by atoms with Crippen molar-refractivity contribution in [2.24, 2.45) is 4.99 Å². The second-order valence-corrected chi connectivity index (χ2v) is 8.70. The molecule has 0 bridgehead atoms. The topological polar surface area (TPSA) is 69.9 Å². The molecule has 7 heteroatoms. The van der Waals surface area contributed by atoms with E-state index in [0.29, 0.717) is 36.7 Å². The van der Waals surface area contributed by atoms with Gasteiger partial charge in [-0.2, -0.15) is 4.99 Å². The summed E-state index contributed by atoms with van der Waals surface area (Å²) in [5.74, 6) is -0.550. The maximum Gasteiger partial charge on any atom is 0.338 e. The van der Waals surface area contributed by atoms with Crippen molar-refractivity contribution >= 4 is 33.4 Å². The van der Waals surface area contributed by atoms with Crippen LogP contribution in [0.3, 0.4) is 0 Å². The lowest BCUT2D eigenvalue weighted by Gasteiger charge is -2.09. The molecule has 0 spiro atoms. The minimum Gasteiger partial charge on any atom is -0.462 e. The van der Waals surface area contributed by atoms with Gasteiger partial charge in [0.1, 0.15) is 0 Å². The fourth-order valence-electron chi connectivity index (χ4n) is 3.80. The van der Waals surface area contributed by atoms with Gasteiger partial charge in [0.05, 0.1) is 35.4 Å². The fourth-order valence-corrected chi connectivity index (χ4v) is 4.92. The average Bonchev–Trinajstić information content (AvgIpc) is 3.07. The molecule has 3 rings (SSSR count).